The van der Waals surface area contributed by atoms with E-state index in [1.807, 2.05) is 48.2 Å². The molecule has 3 aromatic heterocycles. The van der Waals surface area contributed by atoms with Crippen LogP contribution in [0.1, 0.15) is 17.8 Å². The highest BCUT2D eigenvalue weighted by Crippen LogP contribution is 2.40. The molecule has 1 saturated heterocycles. The Balaban J connectivity index is 1.47. The zero-order valence-electron chi connectivity index (χ0n) is 16.2. The van der Waals surface area contributed by atoms with Crippen molar-refractivity contribution < 1.29 is 4.79 Å². The lowest BCUT2D eigenvalue weighted by Gasteiger charge is -2.36. The summed E-state index contributed by atoms with van der Waals surface area (Å²) in [5.41, 5.74) is 4.64. The maximum Gasteiger partial charge on any atom is 0.323 e. The van der Waals surface area contributed by atoms with E-state index in [-0.39, 0.29) is 12.1 Å². The highest BCUT2D eigenvalue weighted by molar-refractivity contribution is 5.97. The molecular formula is C22H22N6O. The van der Waals surface area contributed by atoms with E-state index in [0.717, 1.165) is 53.7 Å². The summed E-state index contributed by atoms with van der Waals surface area (Å²) in [6.07, 6.45) is 4.46. The summed E-state index contributed by atoms with van der Waals surface area (Å²) < 4.78 is 0. The maximum atomic E-state index is 13.1. The number of urea groups is 1. The number of carbonyl (C=O) groups excluding carboxylic acids is 1. The second-order valence-corrected chi connectivity index (χ2v) is 7.46. The molecule has 5 rings (SSSR count). The number of hydrogen-bond acceptors (Lipinski definition) is 5. The molecule has 5 heterocycles. The van der Waals surface area contributed by atoms with Gasteiger partial charge < -0.3 is 10.2 Å². The van der Waals surface area contributed by atoms with Gasteiger partial charge in [0.1, 0.15) is 0 Å². The average molecular weight is 386 g/mol. The Morgan fingerprint density at radius 1 is 1.17 bits per heavy atom. The van der Waals surface area contributed by atoms with Crippen LogP contribution in [-0.4, -0.2) is 40.1 Å². The first-order chi connectivity index (χ1) is 14.2. The number of aromatic nitrogens is 3. The minimum Gasteiger partial charge on any atom is -0.366 e. The minimum absolute atomic E-state index is 0.126. The third kappa shape index (κ3) is 3.29. The van der Waals surface area contributed by atoms with Gasteiger partial charge >= 0.3 is 6.03 Å². The number of pyridine rings is 3. The normalized spacial score (nSPS) is 17.2. The summed E-state index contributed by atoms with van der Waals surface area (Å²) in [7, 11) is 0. The van der Waals surface area contributed by atoms with Gasteiger partial charge in [-0.2, -0.15) is 0 Å². The third-order valence-electron chi connectivity index (χ3n) is 5.51. The van der Waals surface area contributed by atoms with Crippen LogP contribution in [0.4, 0.5) is 16.3 Å². The largest absolute Gasteiger partial charge is 0.366 e. The molecule has 0 aromatic carbocycles. The molecule has 7 heteroatoms. The fourth-order valence-electron chi connectivity index (χ4n) is 4.09. The number of anilines is 2. The lowest BCUT2D eigenvalue weighted by atomic mass is 10.1. The van der Waals surface area contributed by atoms with Crippen LogP contribution in [0.25, 0.3) is 11.3 Å². The lowest BCUT2D eigenvalue weighted by Crippen LogP contribution is -2.50. The molecule has 7 nitrogen and oxygen atoms in total. The van der Waals surface area contributed by atoms with E-state index >= 15 is 0 Å². The van der Waals surface area contributed by atoms with Crippen molar-refractivity contribution >= 4 is 17.5 Å². The van der Waals surface area contributed by atoms with E-state index in [9.17, 15) is 4.79 Å². The van der Waals surface area contributed by atoms with E-state index < -0.39 is 0 Å². The Kier molecular flexibility index (Phi) is 4.35. The van der Waals surface area contributed by atoms with Gasteiger partial charge in [-0.1, -0.05) is 6.07 Å². The van der Waals surface area contributed by atoms with Crippen molar-refractivity contribution in [2.45, 2.75) is 25.9 Å². The van der Waals surface area contributed by atoms with Crippen LogP contribution in [0, 0.1) is 6.92 Å². The molecule has 2 amide bonds. The second-order valence-electron chi connectivity index (χ2n) is 7.46. The molecule has 29 heavy (non-hydrogen) atoms. The van der Waals surface area contributed by atoms with E-state index in [0.29, 0.717) is 6.54 Å². The first-order valence-electron chi connectivity index (χ1n) is 9.85. The number of nitrogens with zero attached hydrogens (tertiary/aromatic N) is 5. The fourth-order valence-corrected chi connectivity index (χ4v) is 4.09. The Morgan fingerprint density at radius 2 is 2.10 bits per heavy atom. The molecule has 0 saturated carbocycles. The summed E-state index contributed by atoms with van der Waals surface area (Å²) in [4.78, 5) is 30.7. The van der Waals surface area contributed by atoms with Crippen molar-refractivity contribution in [1.29, 1.82) is 0 Å². The molecule has 0 unspecified atom stereocenters. The van der Waals surface area contributed by atoms with Crippen LogP contribution in [-0.2, 0) is 6.54 Å². The number of fused-ring (bicyclic) bond motifs is 4. The molecule has 2 aliphatic rings. The topological polar surface area (TPSA) is 74.2 Å². The van der Waals surface area contributed by atoms with Gasteiger partial charge in [0.05, 0.1) is 29.7 Å². The maximum absolute atomic E-state index is 13.1. The molecule has 2 aliphatic heterocycles. The molecular weight excluding hydrogens is 364 g/mol. The number of amides is 2. The van der Waals surface area contributed by atoms with Gasteiger partial charge in [-0.3, -0.25) is 14.9 Å². The molecule has 146 valence electrons. The first kappa shape index (κ1) is 17.6. The highest BCUT2D eigenvalue weighted by Gasteiger charge is 2.40. The SMILES string of the molecule is Cc1cc(-c2ccc3c(n2)N(C(=O)NCc2ccccn2)[C@@H]2CCN3C2)ccn1. The zero-order chi connectivity index (χ0) is 19.8. The molecule has 0 spiro atoms. The molecule has 0 aliphatic carbocycles. The monoisotopic (exact) mass is 386 g/mol. The van der Waals surface area contributed by atoms with E-state index in [4.69, 9.17) is 4.98 Å². The van der Waals surface area contributed by atoms with Crippen LogP contribution in [0.15, 0.2) is 54.9 Å². The molecule has 1 N–H and O–H groups in total. The van der Waals surface area contributed by atoms with Gasteiger partial charge in [-0.25, -0.2) is 9.78 Å². The van der Waals surface area contributed by atoms with E-state index in [1.165, 1.54) is 0 Å². The van der Waals surface area contributed by atoms with Crippen LogP contribution >= 0.6 is 0 Å². The molecule has 0 radical (unpaired) electrons. The van der Waals surface area contributed by atoms with Crippen molar-refractivity contribution in [3.63, 3.8) is 0 Å². The number of nitrogens with one attached hydrogen (secondary N) is 1. The van der Waals surface area contributed by atoms with Crippen molar-refractivity contribution in [3.05, 3.63) is 66.2 Å². The van der Waals surface area contributed by atoms with Gasteiger partial charge in [-0.05, 0) is 49.7 Å². The second kappa shape index (κ2) is 7.16. The minimum atomic E-state index is -0.126. The Bertz CT molecular complexity index is 1050. The predicted molar refractivity (Wildman–Crippen MR) is 112 cm³/mol. The fraction of sp³-hybridized carbons (Fsp3) is 0.273. The molecule has 1 fully saturated rings. The number of aryl methyl sites for hydroxylation is 1. The quantitative estimate of drug-likeness (QED) is 0.748. The van der Waals surface area contributed by atoms with Gasteiger partial charge in [0.2, 0.25) is 0 Å². The third-order valence-corrected chi connectivity index (χ3v) is 5.51. The van der Waals surface area contributed by atoms with Crippen molar-refractivity contribution in [1.82, 2.24) is 20.3 Å². The molecule has 1 atom stereocenters. The molecule has 2 bridgehead atoms. The lowest BCUT2D eigenvalue weighted by molar-refractivity contribution is 0.243. The number of carbonyl (C=O) groups is 1. The van der Waals surface area contributed by atoms with E-state index in [1.54, 1.807) is 12.4 Å². The van der Waals surface area contributed by atoms with Gasteiger partial charge in [0, 0.05) is 36.7 Å². The van der Waals surface area contributed by atoms with Crippen LogP contribution < -0.4 is 15.1 Å². The summed E-state index contributed by atoms with van der Waals surface area (Å²) >= 11 is 0. The van der Waals surface area contributed by atoms with Gasteiger partial charge in [0.15, 0.2) is 5.82 Å². The van der Waals surface area contributed by atoms with E-state index in [2.05, 4.69) is 26.3 Å². The summed E-state index contributed by atoms with van der Waals surface area (Å²) in [6, 6.07) is 13.8. The van der Waals surface area contributed by atoms with Crippen molar-refractivity contribution in [2.75, 3.05) is 22.9 Å². The van der Waals surface area contributed by atoms with Crippen LogP contribution in [0.2, 0.25) is 0 Å². The van der Waals surface area contributed by atoms with Crippen molar-refractivity contribution in [2.24, 2.45) is 0 Å². The van der Waals surface area contributed by atoms with Crippen molar-refractivity contribution in [3.8, 4) is 11.3 Å². The zero-order valence-corrected chi connectivity index (χ0v) is 16.2. The Labute approximate surface area is 169 Å². The summed E-state index contributed by atoms with van der Waals surface area (Å²) in [6.45, 7) is 4.15. The molecule has 3 aromatic rings. The highest BCUT2D eigenvalue weighted by atomic mass is 16.2. The van der Waals surface area contributed by atoms with Gasteiger partial charge in [0.25, 0.3) is 0 Å². The van der Waals surface area contributed by atoms with Gasteiger partial charge in [-0.15, -0.1) is 0 Å². The predicted octanol–water partition coefficient (Wildman–Crippen LogP) is 3.16. The number of rotatable bonds is 3. The van der Waals surface area contributed by atoms with Crippen LogP contribution in [0.5, 0.6) is 0 Å². The standard InChI is InChI=1S/C22H22N6O/c1-15-12-16(7-10-23-15)19-5-6-20-21(26-19)28(18-8-11-27(20)14-18)22(29)25-13-17-4-2-3-9-24-17/h2-7,9-10,12,18H,8,11,13-14H2,1H3,(H,25,29)/t18-/m1/s1. The first-order valence-corrected chi connectivity index (χ1v) is 9.85. The smallest absolute Gasteiger partial charge is 0.323 e. The summed E-state index contributed by atoms with van der Waals surface area (Å²) in [5, 5.41) is 3.02. The average Bonchev–Trinajstić information content (AvgIpc) is 3.17. The number of hydrogen-bond donors (Lipinski definition) is 1. The Hall–Kier alpha value is -3.48. The Morgan fingerprint density at radius 3 is 2.93 bits per heavy atom. The van der Waals surface area contributed by atoms with Crippen LogP contribution in [0.3, 0.4) is 0 Å². The summed E-state index contributed by atoms with van der Waals surface area (Å²) in [5.74, 6) is 0.726.